The molecule has 1 aromatic carbocycles. The van der Waals surface area contributed by atoms with Crippen molar-refractivity contribution in [2.24, 2.45) is 0 Å². The zero-order chi connectivity index (χ0) is 14.1. The maximum absolute atomic E-state index is 10.1. The fourth-order valence-corrected chi connectivity index (χ4v) is 2.32. The number of benzene rings is 1. The Morgan fingerprint density at radius 2 is 1.68 bits per heavy atom. The Labute approximate surface area is 117 Å². The molecule has 1 aromatic rings. The molecule has 2 nitrogen and oxygen atoms in total. The molecule has 0 saturated heterocycles. The van der Waals surface area contributed by atoms with Gasteiger partial charge in [-0.05, 0) is 64.5 Å². The molecule has 0 unspecified atom stereocenters. The van der Waals surface area contributed by atoms with E-state index in [-0.39, 0.29) is 0 Å². The Balaban J connectivity index is 2.04. The van der Waals surface area contributed by atoms with Crippen LogP contribution in [0.15, 0.2) is 18.2 Å². The summed E-state index contributed by atoms with van der Waals surface area (Å²) in [4.78, 5) is 0. The molecule has 0 saturated carbocycles. The van der Waals surface area contributed by atoms with Crippen LogP contribution < -0.4 is 5.46 Å². The summed E-state index contributed by atoms with van der Waals surface area (Å²) in [5, 5.41) is 10.1. The summed E-state index contributed by atoms with van der Waals surface area (Å²) in [5.41, 5.74) is 2.78. The Kier molecular flexibility index (Phi) is 4.07. The summed E-state index contributed by atoms with van der Waals surface area (Å²) in [6.07, 6.45) is 5.02. The van der Waals surface area contributed by atoms with Crippen LogP contribution in [0.25, 0.3) is 0 Å². The van der Waals surface area contributed by atoms with Gasteiger partial charge in [0, 0.05) is 0 Å². The van der Waals surface area contributed by atoms with Gasteiger partial charge in [-0.3, -0.25) is 0 Å². The lowest BCUT2D eigenvalue weighted by Crippen LogP contribution is -2.49. The molecule has 0 fully saturated rings. The summed E-state index contributed by atoms with van der Waals surface area (Å²) >= 11 is 0. The van der Waals surface area contributed by atoms with Crippen LogP contribution in [0.5, 0.6) is 0 Å². The SMILES string of the molecule is CC(C)(O)C(C)(C)OBc1ccc2c(c1)CCCC2. The van der Waals surface area contributed by atoms with Crippen molar-refractivity contribution in [2.75, 3.05) is 0 Å². The van der Waals surface area contributed by atoms with E-state index in [2.05, 4.69) is 18.2 Å². The molecular weight excluding hydrogens is 235 g/mol. The van der Waals surface area contributed by atoms with E-state index >= 15 is 0 Å². The predicted molar refractivity (Wildman–Crippen MR) is 81.3 cm³/mol. The van der Waals surface area contributed by atoms with Crippen LogP contribution in [0.1, 0.15) is 51.7 Å². The van der Waals surface area contributed by atoms with Crippen LogP contribution in [0.2, 0.25) is 0 Å². The Hall–Kier alpha value is -0.795. The van der Waals surface area contributed by atoms with Crippen molar-refractivity contribution in [3.05, 3.63) is 29.3 Å². The standard InChI is InChI=1S/C16H25BO2/c1-15(2,18)16(3,4)19-17-14-10-9-12-7-5-6-8-13(12)11-14/h9-11,17-18H,5-8H2,1-4H3. The lowest BCUT2D eigenvalue weighted by molar-refractivity contribution is -0.0893. The topological polar surface area (TPSA) is 29.5 Å². The van der Waals surface area contributed by atoms with E-state index in [4.69, 9.17) is 4.65 Å². The third kappa shape index (κ3) is 3.40. The molecule has 1 aliphatic rings. The third-order valence-corrected chi connectivity index (χ3v) is 4.49. The number of hydrogen-bond donors (Lipinski definition) is 1. The number of fused-ring (bicyclic) bond motifs is 1. The quantitative estimate of drug-likeness (QED) is 0.840. The van der Waals surface area contributed by atoms with Crippen LogP contribution >= 0.6 is 0 Å². The normalized spacial score (nSPS) is 16.1. The van der Waals surface area contributed by atoms with Gasteiger partial charge in [0.25, 0.3) is 0 Å². The molecule has 19 heavy (non-hydrogen) atoms. The van der Waals surface area contributed by atoms with Gasteiger partial charge in [-0.25, -0.2) is 0 Å². The molecule has 0 amide bonds. The maximum atomic E-state index is 10.1. The van der Waals surface area contributed by atoms with Crippen LogP contribution in [0.4, 0.5) is 0 Å². The summed E-state index contributed by atoms with van der Waals surface area (Å²) < 4.78 is 5.92. The van der Waals surface area contributed by atoms with Crippen LogP contribution in [-0.4, -0.2) is 23.8 Å². The van der Waals surface area contributed by atoms with E-state index in [0.29, 0.717) is 7.48 Å². The van der Waals surface area contributed by atoms with Crippen molar-refractivity contribution < 1.29 is 9.76 Å². The maximum Gasteiger partial charge on any atom is 0.309 e. The fraction of sp³-hybridized carbons (Fsp3) is 0.625. The largest absolute Gasteiger partial charge is 0.427 e. The first-order chi connectivity index (χ1) is 8.79. The van der Waals surface area contributed by atoms with Gasteiger partial charge >= 0.3 is 7.48 Å². The zero-order valence-electron chi connectivity index (χ0n) is 12.6. The number of aryl methyl sites for hydroxylation is 2. The Morgan fingerprint density at radius 3 is 2.32 bits per heavy atom. The summed E-state index contributed by atoms with van der Waals surface area (Å²) in [5.74, 6) is 0. The minimum Gasteiger partial charge on any atom is -0.427 e. The second-order valence-corrected chi connectivity index (χ2v) is 6.67. The van der Waals surface area contributed by atoms with E-state index in [1.54, 1.807) is 13.8 Å². The Morgan fingerprint density at radius 1 is 1.05 bits per heavy atom. The van der Waals surface area contributed by atoms with Gasteiger partial charge in [0.15, 0.2) is 0 Å². The van der Waals surface area contributed by atoms with Crippen LogP contribution in [0, 0.1) is 0 Å². The van der Waals surface area contributed by atoms with Crippen molar-refractivity contribution in [3.8, 4) is 0 Å². The highest BCUT2D eigenvalue weighted by atomic mass is 16.5. The zero-order valence-corrected chi connectivity index (χ0v) is 12.6. The average Bonchev–Trinajstić information content (AvgIpc) is 2.35. The van der Waals surface area contributed by atoms with Gasteiger partial charge in [-0.2, -0.15) is 0 Å². The van der Waals surface area contributed by atoms with Gasteiger partial charge in [-0.1, -0.05) is 23.7 Å². The summed E-state index contributed by atoms with van der Waals surface area (Å²) in [6, 6.07) is 6.67. The summed E-state index contributed by atoms with van der Waals surface area (Å²) in [7, 11) is 0.560. The van der Waals surface area contributed by atoms with Crippen molar-refractivity contribution in [1.82, 2.24) is 0 Å². The molecule has 0 aliphatic heterocycles. The van der Waals surface area contributed by atoms with E-state index in [0.717, 1.165) is 0 Å². The van der Waals surface area contributed by atoms with E-state index in [1.807, 2.05) is 13.8 Å². The molecule has 0 atom stereocenters. The first kappa shape index (κ1) is 14.6. The number of hydrogen-bond acceptors (Lipinski definition) is 2. The second-order valence-electron chi connectivity index (χ2n) is 6.67. The van der Waals surface area contributed by atoms with Crippen molar-refractivity contribution in [2.45, 2.75) is 64.6 Å². The molecule has 0 spiro atoms. The van der Waals surface area contributed by atoms with Gasteiger partial charge in [0.1, 0.15) is 0 Å². The molecule has 0 bridgehead atoms. The average molecular weight is 260 g/mol. The number of rotatable bonds is 4. The molecule has 0 radical (unpaired) electrons. The van der Waals surface area contributed by atoms with Crippen molar-refractivity contribution in [3.63, 3.8) is 0 Å². The van der Waals surface area contributed by atoms with Gasteiger partial charge in [-0.15, -0.1) is 0 Å². The van der Waals surface area contributed by atoms with Crippen molar-refractivity contribution in [1.29, 1.82) is 0 Å². The van der Waals surface area contributed by atoms with Crippen LogP contribution in [0.3, 0.4) is 0 Å². The molecule has 2 rings (SSSR count). The van der Waals surface area contributed by atoms with E-state index in [9.17, 15) is 5.11 Å². The van der Waals surface area contributed by atoms with Crippen LogP contribution in [-0.2, 0) is 17.5 Å². The lowest BCUT2D eigenvalue weighted by atomic mass is 9.80. The minimum atomic E-state index is -0.846. The second kappa shape index (κ2) is 5.30. The molecule has 3 heteroatoms. The highest BCUT2D eigenvalue weighted by Gasteiger charge is 2.35. The number of aliphatic hydroxyl groups is 1. The lowest BCUT2D eigenvalue weighted by Gasteiger charge is -2.37. The van der Waals surface area contributed by atoms with Gasteiger partial charge < -0.3 is 9.76 Å². The first-order valence-corrected chi connectivity index (χ1v) is 7.27. The van der Waals surface area contributed by atoms with Gasteiger partial charge in [0.2, 0.25) is 0 Å². The monoisotopic (exact) mass is 260 g/mol. The molecule has 1 aliphatic carbocycles. The highest BCUT2D eigenvalue weighted by Crippen LogP contribution is 2.24. The predicted octanol–water partition coefficient (Wildman–Crippen LogP) is 2.11. The molecular formula is C16H25BO2. The smallest absolute Gasteiger partial charge is 0.309 e. The third-order valence-electron chi connectivity index (χ3n) is 4.49. The minimum absolute atomic E-state index is 0.553. The Bertz CT molecular complexity index is 447. The fourth-order valence-electron chi connectivity index (χ4n) is 2.32. The molecule has 1 N–H and O–H groups in total. The molecule has 0 heterocycles. The summed E-state index contributed by atoms with van der Waals surface area (Å²) in [6.45, 7) is 7.45. The highest BCUT2D eigenvalue weighted by molar-refractivity contribution is 6.47. The first-order valence-electron chi connectivity index (χ1n) is 7.27. The molecule has 104 valence electrons. The van der Waals surface area contributed by atoms with E-state index in [1.165, 1.54) is 42.3 Å². The molecule has 0 aromatic heterocycles. The van der Waals surface area contributed by atoms with Gasteiger partial charge in [0.05, 0.1) is 11.2 Å². The van der Waals surface area contributed by atoms with E-state index < -0.39 is 11.2 Å². The van der Waals surface area contributed by atoms with Crippen molar-refractivity contribution >= 4 is 12.9 Å².